The number of halogens is 2. The van der Waals surface area contributed by atoms with Crippen LogP contribution in [0.25, 0.3) is 0 Å². The van der Waals surface area contributed by atoms with Gasteiger partial charge in [0.05, 0.1) is 5.83 Å². The first-order valence-corrected chi connectivity index (χ1v) is 7.08. The Morgan fingerprint density at radius 2 is 2.35 bits per heavy atom. The molecule has 108 valence electrons. The van der Waals surface area contributed by atoms with Gasteiger partial charge in [-0.2, -0.15) is 0 Å². The minimum absolute atomic E-state index is 0.268. The molecule has 0 radical (unpaired) electrons. The number of hydrogen-bond acceptors (Lipinski definition) is 1. The van der Waals surface area contributed by atoms with E-state index in [9.17, 15) is 8.78 Å². The molecule has 0 spiro atoms. The fraction of sp³-hybridized carbons (Fsp3) is 0.400. The van der Waals surface area contributed by atoms with Crippen LogP contribution in [-0.2, 0) is 6.42 Å². The van der Waals surface area contributed by atoms with Crippen LogP contribution >= 0.6 is 12.2 Å². The second-order valence-electron chi connectivity index (χ2n) is 4.95. The first kappa shape index (κ1) is 14.9. The molecule has 0 aromatic carbocycles. The third-order valence-corrected chi connectivity index (χ3v) is 3.64. The van der Waals surface area contributed by atoms with Crippen LogP contribution in [0.5, 0.6) is 0 Å². The molecule has 0 saturated carbocycles. The second-order valence-corrected chi connectivity index (χ2v) is 5.36. The van der Waals surface area contributed by atoms with E-state index in [0.29, 0.717) is 10.3 Å². The fourth-order valence-corrected chi connectivity index (χ4v) is 2.82. The Balaban J connectivity index is 2.19. The van der Waals surface area contributed by atoms with Gasteiger partial charge in [0.1, 0.15) is 6.67 Å². The van der Waals surface area contributed by atoms with Crippen LogP contribution in [-0.4, -0.2) is 16.6 Å². The molecule has 1 heterocycles. The monoisotopic (exact) mass is 296 g/mol. The maximum absolute atomic E-state index is 13.1. The van der Waals surface area contributed by atoms with E-state index >= 15 is 0 Å². The standard InChI is InChI=1S/C15H18F2N2S/c1-10(17)7-12(5-6-16)14-4-2-3-11(14)8-13-9-18-15(20)19-13/h4-5,7,9,11H,2-3,6,8H2,1H3,(H2,18,19,20)/b10-7+,12-5+/t11-/m0/s1. The SMILES string of the molecule is C/C(F)=C\C(=C/CF)C1=CCC[C@H]1Cc1c[nH]c(=S)[nH]1. The topological polar surface area (TPSA) is 31.6 Å². The molecule has 5 heteroatoms. The average molecular weight is 296 g/mol. The van der Waals surface area contributed by atoms with Crippen LogP contribution < -0.4 is 0 Å². The van der Waals surface area contributed by atoms with Crippen molar-refractivity contribution < 1.29 is 8.78 Å². The Bertz CT molecular complexity index is 603. The molecule has 0 aliphatic heterocycles. The minimum atomic E-state index is -0.588. The van der Waals surface area contributed by atoms with Crippen molar-refractivity contribution in [2.24, 2.45) is 5.92 Å². The summed E-state index contributed by atoms with van der Waals surface area (Å²) in [7, 11) is 0. The summed E-state index contributed by atoms with van der Waals surface area (Å²) in [6.07, 6.45) is 9.50. The molecule has 1 aliphatic carbocycles. The zero-order valence-corrected chi connectivity index (χ0v) is 12.2. The number of aromatic amines is 2. The first-order chi connectivity index (χ1) is 9.60. The molecule has 2 nitrogen and oxygen atoms in total. The van der Waals surface area contributed by atoms with Crippen LogP contribution in [0.1, 0.15) is 25.5 Å². The molecule has 0 unspecified atom stereocenters. The molecule has 2 N–H and O–H groups in total. The van der Waals surface area contributed by atoms with Gasteiger partial charge in [-0.25, -0.2) is 8.78 Å². The largest absolute Gasteiger partial charge is 0.337 e. The summed E-state index contributed by atoms with van der Waals surface area (Å²) in [5, 5.41) is 0. The zero-order chi connectivity index (χ0) is 14.5. The highest BCUT2D eigenvalue weighted by atomic mass is 32.1. The molecule has 0 bridgehead atoms. The number of imidazole rings is 1. The number of alkyl halides is 1. The van der Waals surface area contributed by atoms with Crippen molar-refractivity contribution in [2.45, 2.75) is 26.2 Å². The summed E-state index contributed by atoms with van der Waals surface area (Å²) in [6.45, 7) is 0.787. The van der Waals surface area contributed by atoms with Gasteiger partial charge in [0.15, 0.2) is 4.77 Å². The summed E-state index contributed by atoms with van der Waals surface area (Å²) < 4.78 is 26.4. The van der Waals surface area contributed by atoms with Gasteiger partial charge in [-0.15, -0.1) is 0 Å². The van der Waals surface area contributed by atoms with Gasteiger partial charge in [0.2, 0.25) is 0 Å². The lowest BCUT2D eigenvalue weighted by Gasteiger charge is -2.15. The second kappa shape index (κ2) is 6.79. The third-order valence-electron chi connectivity index (χ3n) is 3.42. The fourth-order valence-electron chi connectivity index (χ4n) is 2.63. The smallest absolute Gasteiger partial charge is 0.174 e. The van der Waals surface area contributed by atoms with Gasteiger partial charge in [0, 0.05) is 11.9 Å². The summed E-state index contributed by atoms with van der Waals surface area (Å²) in [5.41, 5.74) is 2.71. The quantitative estimate of drug-likeness (QED) is 0.598. The molecule has 1 aromatic heterocycles. The first-order valence-electron chi connectivity index (χ1n) is 6.67. The van der Waals surface area contributed by atoms with Crippen LogP contribution in [0.2, 0.25) is 0 Å². The number of allylic oxidation sites excluding steroid dienone is 6. The van der Waals surface area contributed by atoms with Gasteiger partial charge in [-0.3, -0.25) is 0 Å². The molecule has 2 rings (SSSR count). The van der Waals surface area contributed by atoms with Crippen molar-refractivity contribution in [3.63, 3.8) is 0 Å². The van der Waals surface area contributed by atoms with Gasteiger partial charge in [0.25, 0.3) is 0 Å². The molecule has 0 fully saturated rings. The Morgan fingerprint density at radius 1 is 1.55 bits per heavy atom. The molecule has 20 heavy (non-hydrogen) atoms. The Labute approximate surface area is 122 Å². The van der Waals surface area contributed by atoms with E-state index < -0.39 is 6.67 Å². The van der Waals surface area contributed by atoms with E-state index in [0.717, 1.165) is 30.5 Å². The van der Waals surface area contributed by atoms with E-state index in [1.165, 1.54) is 19.1 Å². The number of nitrogens with one attached hydrogen (secondary N) is 2. The van der Waals surface area contributed by atoms with Gasteiger partial charge < -0.3 is 9.97 Å². The lowest BCUT2D eigenvalue weighted by Crippen LogP contribution is -2.06. The van der Waals surface area contributed by atoms with E-state index in [4.69, 9.17) is 12.2 Å². The summed E-state index contributed by atoms with van der Waals surface area (Å²) in [5.74, 6) is -0.0397. The highest BCUT2D eigenvalue weighted by molar-refractivity contribution is 7.71. The summed E-state index contributed by atoms with van der Waals surface area (Å²) in [4.78, 5) is 6.02. The van der Waals surface area contributed by atoms with Crippen molar-refractivity contribution in [1.29, 1.82) is 0 Å². The minimum Gasteiger partial charge on any atom is -0.337 e. The Hall–Kier alpha value is -1.49. The Kier molecular flexibility index (Phi) is 5.06. The maximum atomic E-state index is 13.1. The normalized spacial score (nSPS) is 20.4. The third kappa shape index (κ3) is 3.76. The van der Waals surface area contributed by atoms with E-state index in [1.54, 1.807) is 0 Å². The predicted octanol–water partition coefficient (Wildman–Crippen LogP) is 4.72. The van der Waals surface area contributed by atoms with E-state index in [2.05, 4.69) is 16.0 Å². The van der Waals surface area contributed by atoms with Crippen LogP contribution in [0.4, 0.5) is 8.78 Å². The molecule has 0 amide bonds. The van der Waals surface area contributed by atoms with Crippen LogP contribution in [0, 0.1) is 10.7 Å². The predicted molar refractivity (Wildman–Crippen MR) is 79.4 cm³/mol. The van der Waals surface area contributed by atoms with Crippen molar-refractivity contribution in [3.05, 3.63) is 51.9 Å². The van der Waals surface area contributed by atoms with Crippen LogP contribution in [0.15, 0.2) is 41.4 Å². The molecule has 0 saturated heterocycles. The molecular weight excluding hydrogens is 278 g/mol. The maximum Gasteiger partial charge on any atom is 0.174 e. The summed E-state index contributed by atoms with van der Waals surface area (Å²) in [6, 6.07) is 0. The van der Waals surface area contributed by atoms with Gasteiger partial charge in [-0.1, -0.05) is 6.08 Å². The van der Waals surface area contributed by atoms with E-state index in [-0.39, 0.29) is 11.7 Å². The molecule has 1 aliphatic rings. The summed E-state index contributed by atoms with van der Waals surface area (Å²) >= 11 is 5.01. The highest BCUT2D eigenvalue weighted by Gasteiger charge is 2.22. The van der Waals surface area contributed by atoms with Crippen molar-refractivity contribution in [3.8, 4) is 0 Å². The number of hydrogen-bond donors (Lipinski definition) is 2. The van der Waals surface area contributed by atoms with Crippen LogP contribution in [0.3, 0.4) is 0 Å². The zero-order valence-electron chi connectivity index (χ0n) is 11.4. The molecular formula is C15H18F2N2S. The van der Waals surface area contributed by atoms with Crippen molar-refractivity contribution in [1.82, 2.24) is 9.97 Å². The number of aromatic nitrogens is 2. The van der Waals surface area contributed by atoms with E-state index in [1.807, 2.05) is 6.20 Å². The lowest BCUT2D eigenvalue weighted by molar-refractivity contribution is 0.557. The van der Waals surface area contributed by atoms with Crippen molar-refractivity contribution in [2.75, 3.05) is 6.67 Å². The number of H-pyrrole nitrogens is 2. The molecule has 1 atom stereocenters. The number of rotatable bonds is 5. The average Bonchev–Trinajstić information content (AvgIpc) is 2.98. The Morgan fingerprint density at radius 3 is 2.95 bits per heavy atom. The van der Waals surface area contributed by atoms with Crippen molar-refractivity contribution >= 4 is 12.2 Å². The highest BCUT2D eigenvalue weighted by Crippen LogP contribution is 2.34. The molecule has 1 aromatic rings. The lowest BCUT2D eigenvalue weighted by atomic mass is 9.90. The van der Waals surface area contributed by atoms with Gasteiger partial charge >= 0.3 is 0 Å². The van der Waals surface area contributed by atoms with Gasteiger partial charge in [-0.05, 0) is 67.6 Å².